The molecule has 1 fully saturated rings. The van der Waals surface area contributed by atoms with Crippen molar-refractivity contribution in [1.29, 1.82) is 0 Å². The second-order valence-electron chi connectivity index (χ2n) is 7.40. The van der Waals surface area contributed by atoms with Crippen LogP contribution in [0.15, 0.2) is 54.6 Å². The van der Waals surface area contributed by atoms with Crippen LogP contribution in [0.4, 0.5) is 4.39 Å². The van der Waals surface area contributed by atoms with Crippen LogP contribution in [0.1, 0.15) is 35.7 Å². The van der Waals surface area contributed by atoms with Crippen molar-refractivity contribution < 1.29 is 9.18 Å². The number of hydrogen-bond donors (Lipinski definition) is 0. The Labute approximate surface area is 161 Å². The summed E-state index contributed by atoms with van der Waals surface area (Å²) in [6.07, 6.45) is 3.19. The third kappa shape index (κ3) is 5.64. The molecule has 1 heterocycles. The van der Waals surface area contributed by atoms with Gasteiger partial charge in [-0.15, -0.1) is 0 Å². The monoisotopic (exact) mass is 368 g/mol. The van der Waals surface area contributed by atoms with E-state index in [1.807, 2.05) is 48.2 Å². The van der Waals surface area contributed by atoms with Crippen LogP contribution in [0.3, 0.4) is 0 Å². The predicted molar refractivity (Wildman–Crippen MR) is 107 cm³/mol. The van der Waals surface area contributed by atoms with Crippen molar-refractivity contribution in [3.05, 3.63) is 71.5 Å². The van der Waals surface area contributed by atoms with E-state index in [2.05, 4.69) is 4.90 Å². The zero-order valence-corrected chi connectivity index (χ0v) is 16.1. The van der Waals surface area contributed by atoms with Crippen molar-refractivity contribution in [3.63, 3.8) is 0 Å². The molecule has 1 unspecified atom stereocenters. The van der Waals surface area contributed by atoms with Crippen LogP contribution in [0.25, 0.3) is 0 Å². The molecule has 1 aliphatic rings. The number of hydrogen-bond acceptors (Lipinski definition) is 2. The Kier molecular flexibility index (Phi) is 6.99. The van der Waals surface area contributed by atoms with E-state index in [1.165, 1.54) is 6.07 Å². The average Bonchev–Trinajstić information content (AvgIpc) is 2.71. The van der Waals surface area contributed by atoms with Gasteiger partial charge in [0.05, 0.1) is 0 Å². The number of piperidine rings is 1. The Bertz CT molecular complexity index is 734. The summed E-state index contributed by atoms with van der Waals surface area (Å²) in [4.78, 5) is 17.2. The zero-order chi connectivity index (χ0) is 19.1. The van der Waals surface area contributed by atoms with E-state index in [0.29, 0.717) is 5.92 Å². The Morgan fingerprint density at radius 2 is 2.00 bits per heavy atom. The van der Waals surface area contributed by atoms with Gasteiger partial charge < -0.3 is 9.80 Å². The second-order valence-corrected chi connectivity index (χ2v) is 7.40. The lowest BCUT2D eigenvalue weighted by atomic mass is 9.96. The molecule has 0 bridgehead atoms. The van der Waals surface area contributed by atoms with Gasteiger partial charge >= 0.3 is 0 Å². The standard InChI is InChI=1S/C23H29FN2O/c1-2-26(23(27)21-10-4-3-5-11-21)18-20-9-7-14-25(17-20)15-13-19-8-6-12-22(24)16-19/h3-6,8,10-12,16,20H,2,7,9,13-15,17-18H2,1H3. The minimum absolute atomic E-state index is 0.120. The minimum Gasteiger partial charge on any atom is -0.339 e. The van der Waals surface area contributed by atoms with E-state index in [4.69, 9.17) is 0 Å². The van der Waals surface area contributed by atoms with Gasteiger partial charge in [-0.2, -0.15) is 0 Å². The highest BCUT2D eigenvalue weighted by Crippen LogP contribution is 2.19. The lowest BCUT2D eigenvalue weighted by Crippen LogP contribution is -2.43. The fraction of sp³-hybridized carbons (Fsp3) is 0.435. The number of likely N-dealkylation sites (tertiary alicyclic amines) is 1. The molecule has 2 aromatic carbocycles. The van der Waals surface area contributed by atoms with Crippen molar-refractivity contribution in [2.75, 3.05) is 32.7 Å². The van der Waals surface area contributed by atoms with E-state index < -0.39 is 0 Å². The Hall–Kier alpha value is -2.20. The molecule has 0 spiro atoms. The minimum atomic E-state index is -0.165. The van der Waals surface area contributed by atoms with E-state index in [9.17, 15) is 9.18 Å². The molecular formula is C23H29FN2O. The molecule has 3 rings (SSSR count). The third-order valence-electron chi connectivity index (χ3n) is 5.38. The summed E-state index contributed by atoms with van der Waals surface area (Å²) in [5.74, 6) is 0.455. The molecule has 1 aliphatic heterocycles. The molecule has 144 valence electrons. The highest BCUT2D eigenvalue weighted by Gasteiger charge is 2.24. The smallest absolute Gasteiger partial charge is 0.253 e. The number of carbonyl (C=O) groups is 1. The van der Waals surface area contributed by atoms with E-state index in [0.717, 1.165) is 63.1 Å². The summed E-state index contributed by atoms with van der Waals surface area (Å²) in [7, 11) is 0. The fourth-order valence-electron chi connectivity index (χ4n) is 3.91. The number of rotatable bonds is 7. The van der Waals surface area contributed by atoms with E-state index in [1.54, 1.807) is 12.1 Å². The summed E-state index contributed by atoms with van der Waals surface area (Å²) in [6.45, 7) is 6.62. The predicted octanol–water partition coefficient (Wildman–Crippen LogP) is 4.24. The van der Waals surface area contributed by atoms with Crippen LogP contribution in [0.5, 0.6) is 0 Å². The van der Waals surface area contributed by atoms with Gasteiger partial charge in [0.25, 0.3) is 5.91 Å². The van der Waals surface area contributed by atoms with Crippen LogP contribution in [0.2, 0.25) is 0 Å². The summed E-state index contributed by atoms with van der Waals surface area (Å²) in [6, 6.07) is 16.4. The summed E-state index contributed by atoms with van der Waals surface area (Å²) < 4.78 is 13.3. The third-order valence-corrected chi connectivity index (χ3v) is 5.38. The molecule has 0 N–H and O–H groups in total. The van der Waals surface area contributed by atoms with Crippen LogP contribution in [0, 0.1) is 11.7 Å². The van der Waals surface area contributed by atoms with Gasteiger partial charge in [0.1, 0.15) is 5.82 Å². The van der Waals surface area contributed by atoms with Gasteiger partial charge in [0.2, 0.25) is 0 Å². The number of benzene rings is 2. The van der Waals surface area contributed by atoms with Gasteiger partial charge in [-0.1, -0.05) is 30.3 Å². The number of halogens is 1. The summed E-state index contributed by atoms with van der Waals surface area (Å²) >= 11 is 0. The van der Waals surface area contributed by atoms with Gasteiger partial charge in [0.15, 0.2) is 0 Å². The Balaban J connectivity index is 1.53. The number of nitrogens with zero attached hydrogens (tertiary/aromatic N) is 2. The highest BCUT2D eigenvalue weighted by molar-refractivity contribution is 5.94. The zero-order valence-electron chi connectivity index (χ0n) is 16.1. The molecular weight excluding hydrogens is 339 g/mol. The lowest BCUT2D eigenvalue weighted by Gasteiger charge is -2.35. The van der Waals surface area contributed by atoms with Crippen LogP contribution in [-0.2, 0) is 6.42 Å². The Morgan fingerprint density at radius 3 is 2.74 bits per heavy atom. The van der Waals surface area contributed by atoms with Gasteiger partial charge in [-0.25, -0.2) is 4.39 Å². The van der Waals surface area contributed by atoms with Crippen LogP contribution < -0.4 is 0 Å². The van der Waals surface area contributed by atoms with Gasteiger partial charge in [-0.05, 0) is 68.5 Å². The summed E-state index contributed by atoms with van der Waals surface area (Å²) in [5, 5.41) is 0. The van der Waals surface area contributed by atoms with E-state index >= 15 is 0 Å². The first kappa shape index (κ1) is 19.6. The first-order valence-corrected chi connectivity index (χ1v) is 9.97. The number of amides is 1. The fourth-order valence-corrected chi connectivity index (χ4v) is 3.91. The average molecular weight is 368 g/mol. The molecule has 1 atom stereocenters. The molecule has 1 saturated heterocycles. The van der Waals surface area contributed by atoms with Gasteiger partial charge in [0, 0.05) is 31.7 Å². The van der Waals surface area contributed by atoms with Crippen LogP contribution >= 0.6 is 0 Å². The summed E-state index contributed by atoms with van der Waals surface area (Å²) in [5.41, 5.74) is 1.81. The SMILES string of the molecule is CCN(CC1CCCN(CCc2cccc(F)c2)C1)C(=O)c1ccccc1. The van der Waals surface area contributed by atoms with Crippen molar-refractivity contribution in [1.82, 2.24) is 9.80 Å². The molecule has 0 saturated carbocycles. The molecule has 0 aliphatic carbocycles. The highest BCUT2D eigenvalue weighted by atomic mass is 19.1. The second kappa shape index (κ2) is 9.65. The largest absolute Gasteiger partial charge is 0.339 e. The molecule has 0 radical (unpaired) electrons. The van der Waals surface area contributed by atoms with Crippen molar-refractivity contribution in [3.8, 4) is 0 Å². The normalized spacial score (nSPS) is 17.6. The topological polar surface area (TPSA) is 23.6 Å². The molecule has 1 amide bonds. The molecule has 2 aromatic rings. The van der Waals surface area contributed by atoms with Crippen molar-refractivity contribution >= 4 is 5.91 Å². The molecule has 0 aromatic heterocycles. The first-order valence-electron chi connectivity index (χ1n) is 9.97. The maximum absolute atomic E-state index is 13.3. The quantitative estimate of drug-likeness (QED) is 0.730. The van der Waals surface area contributed by atoms with Crippen molar-refractivity contribution in [2.24, 2.45) is 5.92 Å². The molecule has 4 heteroatoms. The first-order chi connectivity index (χ1) is 13.2. The van der Waals surface area contributed by atoms with Crippen molar-refractivity contribution in [2.45, 2.75) is 26.2 Å². The maximum Gasteiger partial charge on any atom is 0.253 e. The van der Waals surface area contributed by atoms with E-state index in [-0.39, 0.29) is 11.7 Å². The maximum atomic E-state index is 13.3. The molecule has 27 heavy (non-hydrogen) atoms. The number of carbonyl (C=O) groups excluding carboxylic acids is 1. The lowest BCUT2D eigenvalue weighted by molar-refractivity contribution is 0.0690. The Morgan fingerprint density at radius 1 is 1.19 bits per heavy atom. The molecule has 3 nitrogen and oxygen atoms in total. The van der Waals surface area contributed by atoms with Crippen LogP contribution in [-0.4, -0.2) is 48.4 Å². The van der Waals surface area contributed by atoms with Gasteiger partial charge in [-0.3, -0.25) is 4.79 Å².